The summed E-state index contributed by atoms with van der Waals surface area (Å²) >= 11 is 0. The van der Waals surface area contributed by atoms with E-state index in [0.717, 1.165) is 31.6 Å². The minimum Gasteiger partial charge on any atom is -0.469 e. The molecule has 0 bridgehead atoms. The Morgan fingerprint density at radius 2 is 1.71 bits per heavy atom. The number of benzene rings is 1. The maximum atomic E-state index is 5.62. The van der Waals surface area contributed by atoms with Crippen LogP contribution in [0.25, 0.3) is 0 Å². The smallest absolute Gasteiger partial charge is 0.108 e. The average molecular weight is 285 g/mol. The standard InChI is InChI=1S/C19H27NO/c1-5-14-9-10-16(13-15(14)6-2)19(20-8-4)17-11-12-21-18(17)7-3/h9-13,19-20H,5-8H2,1-4H3. The number of aryl methyl sites for hydroxylation is 3. The van der Waals surface area contributed by atoms with Crippen molar-refractivity contribution in [2.75, 3.05) is 6.54 Å². The predicted molar refractivity (Wildman–Crippen MR) is 88.8 cm³/mol. The van der Waals surface area contributed by atoms with E-state index in [1.165, 1.54) is 22.3 Å². The molecular weight excluding hydrogens is 258 g/mol. The van der Waals surface area contributed by atoms with Crippen LogP contribution < -0.4 is 5.32 Å². The quantitative estimate of drug-likeness (QED) is 0.800. The minimum absolute atomic E-state index is 0.222. The second-order valence-corrected chi connectivity index (χ2v) is 5.38. The molecule has 1 aromatic heterocycles. The highest BCUT2D eigenvalue weighted by molar-refractivity contribution is 5.39. The van der Waals surface area contributed by atoms with Crippen LogP contribution >= 0.6 is 0 Å². The molecule has 1 aromatic carbocycles. The lowest BCUT2D eigenvalue weighted by Crippen LogP contribution is -2.22. The molecule has 114 valence electrons. The average Bonchev–Trinajstić information content (AvgIpc) is 3.00. The highest BCUT2D eigenvalue weighted by Gasteiger charge is 2.19. The fraction of sp³-hybridized carbons (Fsp3) is 0.474. The molecule has 2 nitrogen and oxygen atoms in total. The first-order valence-electron chi connectivity index (χ1n) is 8.16. The second kappa shape index (κ2) is 7.46. The van der Waals surface area contributed by atoms with E-state index in [-0.39, 0.29) is 6.04 Å². The molecule has 0 aliphatic rings. The van der Waals surface area contributed by atoms with Crippen molar-refractivity contribution in [2.24, 2.45) is 0 Å². The van der Waals surface area contributed by atoms with Crippen molar-refractivity contribution in [3.63, 3.8) is 0 Å². The first kappa shape index (κ1) is 15.8. The fourth-order valence-electron chi connectivity index (χ4n) is 3.01. The number of rotatable bonds is 7. The lowest BCUT2D eigenvalue weighted by Gasteiger charge is -2.20. The van der Waals surface area contributed by atoms with Crippen LogP contribution in [-0.4, -0.2) is 6.54 Å². The van der Waals surface area contributed by atoms with Gasteiger partial charge in [-0.25, -0.2) is 0 Å². The summed E-state index contributed by atoms with van der Waals surface area (Å²) in [5.74, 6) is 1.08. The van der Waals surface area contributed by atoms with Crippen molar-refractivity contribution in [2.45, 2.75) is 53.0 Å². The van der Waals surface area contributed by atoms with Crippen LogP contribution in [0.3, 0.4) is 0 Å². The van der Waals surface area contributed by atoms with Gasteiger partial charge in [0.1, 0.15) is 5.76 Å². The highest BCUT2D eigenvalue weighted by atomic mass is 16.3. The summed E-state index contributed by atoms with van der Waals surface area (Å²) in [6, 6.07) is 9.23. The van der Waals surface area contributed by atoms with E-state index in [1.807, 2.05) is 0 Å². The van der Waals surface area contributed by atoms with Gasteiger partial charge in [-0.3, -0.25) is 0 Å². The van der Waals surface area contributed by atoms with Crippen LogP contribution in [0.1, 0.15) is 61.8 Å². The van der Waals surface area contributed by atoms with Crippen molar-refractivity contribution in [1.82, 2.24) is 5.32 Å². The van der Waals surface area contributed by atoms with Crippen molar-refractivity contribution in [3.05, 3.63) is 58.5 Å². The Labute approximate surface area is 128 Å². The molecule has 2 aromatic rings. The van der Waals surface area contributed by atoms with Crippen LogP contribution in [0.2, 0.25) is 0 Å². The molecule has 1 unspecified atom stereocenters. The van der Waals surface area contributed by atoms with Crippen LogP contribution in [-0.2, 0) is 19.3 Å². The van der Waals surface area contributed by atoms with Crippen LogP contribution in [0.15, 0.2) is 34.9 Å². The number of furan rings is 1. The molecule has 1 N–H and O–H groups in total. The maximum Gasteiger partial charge on any atom is 0.108 e. The summed E-state index contributed by atoms with van der Waals surface area (Å²) in [7, 11) is 0. The molecule has 0 amide bonds. The molecule has 0 aliphatic carbocycles. The molecular formula is C19H27NO. The molecule has 0 fully saturated rings. The third-order valence-electron chi connectivity index (χ3n) is 4.15. The number of nitrogens with one attached hydrogen (secondary N) is 1. The van der Waals surface area contributed by atoms with E-state index in [1.54, 1.807) is 6.26 Å². The predicted octanol–water partition coefficient (Wildman–Crippen LogP) is 4.67. The Kier molecular flexibility index (Phi) is 5.63. The van der Waals surface area contributed by atoms with Gasteiger partial charge in [0, 0.05) is 12.0 Å². The Hall–Kier alpha value is -1.54. The highest BCUT2D eigenvalue weighted by Crippen LogP contribution is 2.28. The van der Waals surface area contributed by atoms with Gasteiger partial charge in [0.2, 0.25) is 0 Å². The third kappa shape index (κ3) is 3.38. The minimum atomic E-state index is 0.222. The lowest BCUT2D eigenvalue weighted by molar-refractivity contribution is 0.502. The van der Waals surface area contributed by atoms with Crippen LogP contribution in [0.4, 0.5) is 0 Å². The monoisotopic (exact) mass is 285 g/mol. The summed E-state index contributed by atoms with van der Waals surface area (Å²) in [5, 5.41) is 3.60. The molecule has 1 atom stereocenters. The summed E-state index contributed by atoms with van der Waals surface area (Å²) in [4.78, 5) is 0. The van der Waals surface area contributed by atoms with E-state index < -0.39 is 0 Å². The van der Waals surface area contributed by atoms with E-state index in [4.69, 9.17) is 4.42 Å². The van der Waals surface area contributed by atoms with Gasteiger partial charge in [-0.1, -0.05) is 45.9 Å². The Balaban J connectivity index is 2.43. The third-order valence-corrected chi connectivity index (χ3v) is 4.15. The van der Waals surface area contributed by atoms with Crippen molar-refractivity contribution in [3.8, 4) is 0 Å². The fourth-order valence-corrected chi connectivity index (χ4v) is 3.01. The topological polar surface area (TPSA) is 25.2 Å². The first-order chi connectivity index (χ1) is 10.2. The summed E-state index contributed by atoms with van der Waals surface area (Å²) in [6.45, 7) is 9.69. The molecule has 0 aliphatic heterocycles. The Morgan fingerprint density at radius 1 is 0.952 bits per heavy atom. The molecule has 0 saturated heterocycles. The Bertz CT molecular complexity index is 571. The Morgan fingerprint density at radius 3 is 2.33 bits per heavy atom. The second-order valence-electron chi connectivity index (χ2n) is 5.38. The van der Waals surface area contributed by atoms with Crippen molar-refractivity contribution < 1.29 is 4.42 Å². The number of hydrogen-bond donors (Lipinski definition) is 1. The summed E-state index contributed by atoms with van der Waals surface area (Å²) < 4.78 is 5.62. The molecule has 21 heavy (non-hydrogen) atoms. The van der Waals surface area contributed by atoms with Crippen molar-refractivity contribution in [1.29, 1.82) is 0 Å². The molecule has 0 spiro atoms. The summed E-state index contributed by atoms with van der Waals surface area (Å²) in [5.41, 5.74) is 5.52. The first-order valence-corrected chi connectivity index (χ1v) is 8.16. The van der Waals surface area contributed by atoms with Gasteiger partial charge in [0.15, 0.2) is 0 Å². The van der Waals surface area contributed by atoms with Gasteiger partial charge in [-0.05, 0) is 42.1 Å². The zero-order chi connectivity index (χ0) is 15.2. The largest absolute Gasteiger partial charge is 0.469 e. The maximum absolute atomic E-state index is 5.62. The summed E-state index contributed by atoms with van der Waals surface area (Å²) in [6.07, 6.45) is 4.92. The van der Waals surface area contributed by atoms with E-state index in [2.05, 4.69) is 57.3 Å². The zero-order valence-corrected chi connectivity index (χ0v) is 13.7. The van der Waals surface area contributed by atoms with Crippen molar-refractivity contribution >= 4 is 0 Å². The molecule has 2 rings (SSSR count). The van der Waals surface area contributed by atoms with Gasteiger partial charge < -0.3 is 9.73 Å². The van der Waals surface area contributed by atoms with Crippen LogP contribution in [0.5, 0.6) is 0 Å². The molecule has 0 radical (unpaired) electrons. The lowest BCUT2D eigenvalue weighted by atomic mass is 9.93. The van der Waals surface area contributed by atoms with Gasteiger partial charge in [-0.2, -0.15) is 0 Å². The number of hydrogen-bond acceptors (Lipinski definition) is 2. The zero-order valence-electron chi connectivity index (χ0n) is 13.7. The van der Waals surface area contributed by atoms with Crippen LogP contribution in [0, 0.1) is 0 Å². The SMILES string of the molecule is CCNC(c1ccc(CC)c(CC)c1)c1ccoc1CC. The van der Waals surface area contributed by atoms with Gasteiger partial charge >= 0.3 is 0 Å². The molecule has 1 heterocycles. The van der Waals surface area contributed by atoms with Gasteiger partial charge in [0.25, 0.3) is 0 Å². The normalized spacial score (nSPS) is 12.6. The molecule has 0 saturated carbocycles. The molecule has 2 heteroatoms. The van der Waals surface area contributed by atoms with E-state index in [0.29, 0.717) is 0 Å². The van der Waals surface area contributed by atoms with E-state index in [9.17, 15) is 0 Å². The van der Waals surface area contributed by atoms with Gasteiger partial charge in [-0.15, -0.1) is 0 Å². The van der Waals surface area contributed by atoms with Gasteiger partial charge in [0.05, 0.1) is 12.3 Å². The van der Waals surface area contributed by atoms with E-state index >= 15 is 0 Å².